The fourth-order valence-corrected chi connectivity index (χ4v) is 5.98. The highest BCUT2D eigenvalue weighted by Gasteiger charge is 2.20. The number of hydrogen-bond acceptors (Lipinski definition) is 6. The van der Waals surface area contributed by atoms with Crippen molar-refractivity contribution in [2.75, 3.05) is 32.8 Å². The number of aromatic nitrogens is 1. The molecule has 0 saturated carbocycles. The van der Waals surface area contributed by atoms with Gasteiger partial charge in [0.05, 0.1) is 17.8 Å². The topological polar surface area (TPSA) is 64.1 Å². The first-order chi connectivity index (χ1) is 24.4. The minimum Gasteiger partial charge on any atom is -0.493 e. The van der Waals surface area contributed by atoms with E-state index in [0.29, 0.717) is 53.7 Å². The molecule has 0 radical (unpaired) electrons. The Labute approximate surface area is 315 Å². The summed E-state index contributed by atoms with van der Waals surface area (Å²) in [5, 5.41) is 1.07. The predicted octanol–water partition coefficient (Wildman–Crippen LogP) is 9.47. The molecule has 1 saturated heterocycles. The molecule has 0 bridgehead atoms. The summed E-state index contributed by atoms with van der Waals surface area (Å²) in [5.41, 5.74) is 5.42. The van der Waals surface area contributed by atoms with E-state index < -0.39 is 0 Å². The van der Waals surface area contributed by atoms with E-state index in [2.05, 4.69) is 53.2 Å². The molecule has 1 amide bonds. The molecule has 0 aliphatic carbocycles. The van der Waals surface area contributed by atoms with Crippen molar-refractivity contribution in [1.29, 1.82) is 0 Å². The van der Waals surface area contributed by atoms with Crippen LogP contribution in [-0.4, -0.2) is 53.5 Å². The van der Waals surface area contributed by atoms with Crippen LogP contribution >= 0.6 is 35.6 Å². The van der Waals surface area contributed by atoms with Gasteiger partial charge >= 0.3 is 0 Å². The van der Waals surface area contributed by atoms with Gasteiger partial charge in [-0.1, -0.05) is 83.9 Å². The molecule has 5 aromatic rings. The van der Waals surface area contributed by atoms with E-state index in [-0.39, 0.29) is 18.3 Å². The molecule has 264 valence electrons. The minimum absolute atomic E-state index is 0. The number of carbonyl (C=O) groups excluding carboxylic acids is 1. The van der Waals surface area contributed by atoms with Crippen LogP contribution < -0.4 is 14.2 Å². The number of nitrogens with zero attached hydrogens (tertiary/aromatic N) is 3. The van der Waals surface area contributed by atoms with Crippen LogP contribution in [0.15, 0.2) is 115 Å². The van der Waals surface area contributed by atoms with Crippen molar-refractivity contribution in [3.05, 3.63) is 153 Å². The number of amides is 1. The Morgan fingerprint density at radius 1 is 0.804 bits per heavy atom. The average Bonchev–Trinajstić information content (AvgIpc) is 3.13. The maximum atomic E-state index is 13.0. The molecule has 51 heavy (non-hydrogen) atoms. The van der Waals surface area contributed by atoms with Gasteiger partial charge in [0.25, 0.3) is 0 Å². The monoisotopic (exact) mass is 743 g/mol. The number of halogens is 3. The van der Waals surface area contributed by atoms with Gasteiger partial charge in [0, 0.05) is 61.9 Å². The largest absolute Gasteiger partial charge is 0.493 e. The highest BCUT2D eigenvalue weighted by Crippen LogP contribution is 2.30. The van der Waals surface area contributed by atoms with Gasteiger partial charge in [-0.15, -0.1) is 12.4 Å². The highest BCUT2D eigenvalue weighted by molar-refractivity contribution is 6.32. The van der Waals surface area contributed by atoms with Crippen molar-refractivity contribution in [3.63, 3.8) is 0 Å². The van der Waals surface area contributed by atoms with Crippen LogP contribution in [0.5, 0.6) is 23.1 Å². The molecule has 4 aromatic carbocycles. The van der Waals surface area contributed by atoms with Gasteiger partial charge in [0.2, 0.25) is 11.8 Å². The maximum absolute atomic E-state index is 13.0. The van der Waals surface area contributed by atoms with Crippen molar-refractivity contribution in [2.24, 2.45) is 0 Å². The van der Waals surface area contributed by atoms with Gasteiger partial charge in [-0.2, -0.15) is 0 Å². The minimum atomic E-state index is -0.0145. The van der Waals surface area contributed by atoms with Gasteiger partial charge in [0.15, 0.2) is 0 Å². The Bertz CT molecular complexity index is 1910. The Balaban J connectivity index is 0.00000504. The van der Waals surface area contributed by atoms with Crippen LogP contribution in [0.3, 0.4) is 0 Å². The summed E-state index contributed by atoms with van der Waals surface area (Å²) in [7, 11) is 0. The summed E-state index contributed by atoms with van der Waals surface area (Å²) in [5.74, 6) is 2.33. The third kappa shape index (κ3) is 11.2. The molecule has 1 aromatic heterocycles. The van der Waals surface area contributed by atoms with Crippen molar-refractivity contribution < 1.29 is 19.0 Å². The number of hydrogen-bond donors (Lipinski definition) is 0. The van der Waals surface area contributed by atoms with E-state index in [0.717, 1.165) is 42.9 Å². The Morgan fingerprint density at radius 3 is 2.31 bits per heavy atom. The molecule has 7 nitrogen and oxygen atoms in total. The first kappa shape index (κ1) is 37.7. The molecule has 0 N–H and O–H groups in total. The van der Waals surface area contributed by atoms with Gasteiger partial charge < -0.3 is 19.1 Å². The fraction of sp³-hybridized carbons (Fsp3) is 0.220. The lowest BCUT2D eigenvalue weighted by Crippen LogP contribution is -2.47. The first-order valence-electron chi connectivity index (χ1n) is 16.6. The second-order valence-corrected chi connectivity index (χ2v) is 13.0. The smallest absolute Gasteiger partial charge is 0.246 e. The molecule has 0 unspecified atom stereocenters. The Morgan fingerprint density at radius 2 is 1.59 bits per heavy atom. The SMILES string of the molecule is Cc1cccc(OCCc2ccc(CN3CCN(C(=O)/C=C/c4ccc(Oc5ccc(OCc6ccccc6Cl)cn5)c(Cl)c4)CC3)cc2)c1.Cl. The molecule has 2 heterocycles. The zero-order valence-electron chi connectivity index (χ0n) is 28.3. The molecule has 6 rings (SSSR count). The number of rotatable bonds is 13. The van der Waals surface area contributed by atoms with Crippen molar-refractivity contribution >= 4 is 47.6 Å². The lowest BCUT2D eigenvalue weighted by Gasteiger charge is -2.34. The highest BCUT2D eigenvalue weighted by atomic mass is 35.5. The van der Waals surface area contributed by atoms with E-state index in [9.17, 15) is 4.79 Å². The molecule has 10 heteroatoms. The molecule has 0 atom stereocenters. The second kappa shape index (κ2) is 18.6. The molecule has 0 spiro atoms. The summed E-state index contributed by atoms with van der Waals surface area (Å²) >= 11 is 12.7. The van der Waals surface area contributed by atoms with E-state index >= 15 is 0 Å². The number of aryl methyl sites for hydroxylation is 1. The van der Waals surface area contributed by atoms with Crippen LogP contribution in [0.25, 0.3) is 6.08 Å². The quantitative estimate of drug-likeness (QED) is 0.112. The van der Waals surface area contributed by atoms with Gasteiger partial charge in [-0.05, 0) is 71.7 Å². The summed E-state index contributed by atoms with van der Waals surface area (Å²) < 4.78 is 17.6. The molecular weight excluding hydrogens is 705 g/mol. The maximum Gasteiger partial charge on any atom is 0.246 e. The second-order valence-electron chi connectivity index (χ2n) is 12.2. The molecule has 1 aliphatic heterocycles. The first-order valence-corrected chi connectivity index (χ1v) is 17.4. The van der Waals surface area contributed by atoms with Crippen molar-refractivity contribution in [1.82, 2.24) is 14.8 Å². The lowest BCUT2D eigenvalue weighted by molar-refractivity contribution is -0.127. The molecule has 1 fully saturated rings. The number of pyridine rings is 1. The van der Waals surface area contributed by atoms with Crippen LogP contribution in [-0.2, 0) is 24.4 Å². The number of benzene rings is 4. The van der Waals surface area contributed by atoms with Crippen LogP contribution in [0, 0.1) is 6.92 Å². The normalized spacial score (nSPS) is 13.1. The van der Waals surface area contributed by atoms with Crippen molar-refractivity contribution in [3.8, 4) is 23.1 Å². The number of piperazine rings is 1. The van der Waals surface area contributed by atoms with Gasteiger partial charge in [-0.3, -0.25) is 9.69 Å². The van der Waals surface area contributed by atoms with Crippen LogP contribution in [0.2, 0.25) is 10.0 Å². The Hall–Kier alpha value is -4.53. The van der Waals surface area contributed by atoms with Gasteiger partial charge in [0.1, 0.15) is 23.9 Å². The van der Waals surface area contributed by atoms with Crippen molar-refractivity contribution in [2.45, 2.75) is 26.5 Å². The summed E-state index contributed by atoms with van der Waals surface area (Å²) in [6.45, 7) is 6.93. The zero-order chi connectivity index (χ0) is 34.7. The summed E-state index contributed by atoms with van der Waals surface area (Å²) in [6.07, 6.45) is 5.83. The molecule has 1 aliphatic rings. The third-order valence-corrected chi connectivity index (χ3v) is 9.08. The standard InChI is InChI=1S/C41H39Cl2N3O4.ClH/c1-30-5-4-7-35(25-30)48-24-19-31-9-11-33(12-10-31)28-45-20-22-46(23-21-45)41(47)18-14-32-13-16-39(38(43)26-32)50-40-17-15-36(27-44-40)49-29-34-6-2-3-8-37(34)42;/h2-18,25-27H,19-24,28-29H2,1H3;1H/b18-14+;. The van der Waals surface area contributed by atoms with E-state index in [1.165, 1.54) is 16.7 Å². The van der Waals surface area contributed by atoms with Gasteiger partial charge in [-0.25, -0.2) is 4.98 Å². The molecular formula is C41H40Cl3N3O4. The predicted molar refractivity (Wildman–Crippen MR) is 207 cm³/mol. The van der Waals surface area contributed by atoms with Crippen LogP contribution in [0.1, 0.15) is 27.8 Å². The Kier molecular flexibility index (Phi) is 13.8. The van der Waals surface area contributed by atoms with Crippen LogP contribution in [0.4, 0.5) is 0 Å². The number of ether oxygens (including phenoxy) is 3. The van der Waals surface area contributed by atoms with E-state index in [1.807, 2.05) is 47.4 Å². The summed E-state index contributed by atoms with van der Waals surface area (Å²) in [6, 6.07) is 33.3. The van der Waals surface area contributed by atoms with E-state index in [1.54, 1.807) is 42.6 Å². The zero-order valence-corrected chi connectivity index (χ0v) is 30.7. The third-order valence-electron chi connectivity index (χ3n) is 8.41. The number of carbonyl (C=O) groups is 1. The summed E-state index contributed by atoms with van der Waals surface area (Å²) in [4.78, 5) is 21.6. The fourth-order valence-electron chi connectivity index (χ4n) is 5.57. The van der Waals surface area contributed by atoms with E-state index in [4.69, 9.17) is 37.4 Å². The average molecular weight is 745 g/mol. The lowest BCUT2D eigenvalue weighted by atomic mass is 10.1.